The van der Waals surface area contributed by atoms with Gasteiger partial charge in [-0.1, -0.05) is 56.0 Å². The van der Waals surface area contributed by atoms with Crippen LogP contribution in [0, 0.1) is 5.92 Å². The molecule has 0 aliphatic heterocycles. The highest BCUT2D eigenvalue weighted by Gasteiger charge is 2.13. The maximum absolute atomic E-state index is 11.8. The molecule has 3 rings (SSSR count). The Hall–Kier alpha value is -2.56. The number of guanidine groups is 1. The molecule has 0 bridgehead atoms. The second kappa shape index (κ2) is 10.7. The summed E-state index contributed by atoms with van der Waals surface area (Å²) >= 11 is 0. The topological polar surface area (TPSA) is 58.4 Å². The van der Waals surface area contributed by atoms with Crippen LogP contribution < -0.4 is 16.2 Å². The minimum atomic E-state index is 0.0241. The van der Waals surface area contributed by atoms with Gasteiger partial charge in [-0.25, -0.2) is 0 Å². The monoisotopic (exact) mass is 380 g/mol. The van der Waals surface area contributed by atoms with Gasteiger partial charge in [-0.2, -0.15) is 0 Å². The molecule has 2 N–H and O–H groups in total. The molecule has 1 saturated carbocycles. The van der Waals surface area contributed by atoms with Crippen LogP contribution in [0.3, 0.4) is 0 Å². The summed E-state index contributed by atoms with van der Waals surface area (Å²) in [7, 11) is 1.81. The molecule has 0 atom stereocenters. The quantitative estimate of drug-likeness (QED) is 0.418. The zero-order chi connectivity index (χ0) is 19.6. The van der Waals surface area contributed by atoms with Crippen LogP contribution in [0.2, 0.25) is 0 Å². The van der Waals surface area contributed by atoms with E-state index in [0.717, 1.165) is 30.5 Å². The molecular formula is C23H32N4O. The van der Waals surface area contributed by atoms with Crippen LogP contribution in [0.1, 0.15) is 49.7 Å². The standard InChI is InChI=1S/C23H32N4O/c1-24-23(25-15-6-9-19-7-2-3-8-19)26-17-20-11-13-21(14-12-20)18-27-16-5-4-10-22(27)28/h4-5,10-14,16,19H,2-3,6-9,15,17-18H2,1H3,(H2,24,25,26). The summed E-state index contributed by atoms with van der Waals surface area (Å²) in [5.74, 6) is 1.80. The summed E-state index contributed by atoms with van der Waals surface area (Å²) in [6, 6.07) is 13.6. The second-order valence-electron chi connectivity index (χ2n) is 7.63. The van der Waals surface area contributed by atoms with Gasteiger partial charge in [0.15, 0.2) is 5.96 Å². The molecule has 5 nitrogen and oxygen atoms in total. The van der Waals surface area contributed by atoms with Gasteiger partial charge in [-0.3, -0.25) is 9.79 Å². The van der Waals surface area contributed by atoms with E-state index >= 15 is 0 Å². The number of rotatable bonds is 8. The number of aliphatic imine (C=N–C) groups is 1. The van der Waals surface area contributed by atoms with E-state index in [2.05, 4.69) is 39.9 Å². The Morgan fingerprint density at radius 3 is 2.54 bits per heavy atom. The molecule has 0 spiro atoms. The van der Waals surface area contributed by atoms with E-state index in [1.807, 2.05) is 19.3 Å². The summed E-state index contributed by atoms with van der Waals surface area (Å²) in [6.07, 6.45) is 10.0. The van der Waals surface area contributed by atoms with Crippen LogP contribution in [0.15, 0.2) is 58.4 Å². The smallest absolute Gasteiger partial charge is 0.250 e. The van der Waals surface area contributed by atoms with Crippen molar-refractivity contribution in [3.8, 4) is 0 Å². The number of hydrogen-bond acceptors (Lipinski definition) is 2. The van der Waals surface area contributed by atoms with Crippen molar-refractivity contribution < 1.29 is 0 Å². The summed E-state index contributed by atoms with van der Waals surface area (Å²) < 4.78 is 1.71. The van der Waals surface area contributed by atoms with E-state index in [-0.39, 0.29) is 5.56 Å². The van der Waals surface area contributed by atoms with E-state index in [1.54, 1.807) is 16.7 Å². The lowest BCUT2D eigenvalue weighted by Crippen LogP contribution is -2.37. The maximum atomic E-state index is 11.8. The van der Waals surface area contributed by atoms with Gasteiger partial charge < -0.3 is 15.2 Å². The highest BCUT2D eigenvalue weighted by atomic mass is 16.1. The van der Waals surface area contributed by atoms with Crippen LogP contribution in [-0.2, 0) is 13.1 Å². The molecule has 0 saturated heterocycles. The van der Waals surface area contributed by atoms with Gasteiger partial charge in [0.1, 0.15) is 0 Å². The number of hydrogen-bond donors (Lipinski definition) is 2. The zero-order valence-corrected chi connectivity index (χ0v) is 16.9. The number of nitrogens with one attached hydrogen (secondary N) is 2. The van der Waals surface area contributed by atoms with Crippen LogP contribution in [-0.4, -0.2) is 24.1 Å². The molecule has 2 aromatic rings. The first-order chi connectivity index (χ1) is 13.7. The van der Waals surface area contributed by atoms with E-state index in [1.165, 1.54) is 44.1 Å². The summed E-state index contributed by atoms with van der Waals surface area (Å²) in [5, 5.41) is 6.79. The van der Waals surface area contributed by atoms with Gasteiger partial charge in [0.25, 0.3) is 5.56 Å². The highest BCUT2D eigenvalue weighted by Crippen LogP contribution is 2.28. The molecule has 1 fully saturated rings. The molecule has 1 aliphatic carbocycles. The van der Waals surface area contributed by atoms with Crippen molar-refractivity contribution in [2.24, 2.45) is 10.9 Å². The number of pyridine rings is 1. The van der Waals surface area contributed by atoms with Gasteiger partial charge in [0.2, 0.25) is 0 Å². The van der Waals surface area contributed by atoms with Crippen molar-refractivity contribution in [1.29, 1.82) is 0 Å². The molecule has 1 aliphatic rings. The molecule has 1 aromatic heterocycles. The fourth-order valence-corrected chi connectivity index (χ4v) is 3.85. The Balaban J connectivity index is 1.40. The summed E-state index contributed by atoms with van der Waals surface area (Å²) in [6.45, 7) is 2.30. The first-order valence-electron chi connectivity index (χ1n) is 10.4. The Kier molecular flexibility index (Phi) is 7.71. The predicted molar refractivity (Wildman–Crippen MR) is 116 cm³/mol. The summed E-state index contributed by atoms with van der Waals surface area (Å²) in [4.78, 5) is 16.1. The number of aromatic nitrogens is 1. The molecule has 1 aromatic carbocycles. The van der Waals surface area contributed by atoms with Crippen molar-refractivity contribution in [3.63, 3.8) is 0 Å². The Bertz CT molecular complexity index is 804. The van der Waals surface area contributed by atoms with Crippen molar-refractivity contribution in [1.82, 2.24) is 15.2 Å². The number of benzene rings is 1. The average Bonchev–Trinajstić information content (AvgIpc) is 3.24. The van der Waals surface area contributed by atoms with Crippen molar-refractivity contribution in [3.05, 3.63) is 70.1 Å². The normalized spacial score (nSPS) is 15.0. The molecule has 0 unspecified atom stereocenters. The van der Waals surface area contributed by atoms with Gasteiger partial charge in [0.05, 0.1) is 6.54 Å². The first-order valence-corrected chi connectivity index (χ1v) is 10.4. The van der Waals surface area contributed by atoms with Crippen molar-refractivity contribution >= 4 is 5.96 Å². The third-order valence-corrected chi connectivity index (χ3v) is 5.51. The fraction of sp³-hybridized carbons (Fsp3) is 0.478. The predicted octanol–water partition coefficient (Wildman–Crippen LogP) is 3.53. The van der Waals surface area contributed by atoms with Crippen LogP contribution in [0.5, 0.6) is 0 Å². The van der Waals surface area contributed by atoms with E-state index in [0.29, 0.717) is 6.54 Å². The Morgan fingerprint density at radius 2 is 1.82 bits per heavy atom. The maximum Gasteiger partial charge on any atom is 0.250 e. The Morgan fingerprint density at radius 1 is 1.07 bits per heavy atom. The van der Waals surface area contributed by atoms with Gasteiger partial charge in [-0.05, 0) is 36.0 Å². The fourth-order valence-electron chi connectivity index (χ4n) is 3.85. The van der Waals surface area contributed by atoms with E-state index < -0.39 is 0 Å². The largest absolute Gasteiger partial charge is 0.356 e. The molecule has 150 valence electrons. The molecular weight excluding hydrogens is 348 g/mol. The molecule has 5 heteroatoms. The lowest BCUT2D eigenvalue weighted by molar-refractivity contribution is 0.481. The molecule has 0 radical (unpaired) electrons. The third-order valence-electron chi connectivity index (χ3n) is 5.51. The van der Waals surface area contributed by atoms with Crippen LogP contribution in [0.25, 0.3) is 0 Å². The minimum absolute atomic E-state index is 0.0241. The highest BCUT2D eigenvalue weighted by molar-refractivity contribution is 5.79. The summed E-state index contributed by atoms with van der Waals surface area (Å²) in [5.41, 5.74) is 2.33. The zero-order valence-electron chi connectivity index (χ0n) is 16.9. The second-order valence-corrected chi connectivity index (χ2v) is 7.63. The van der Waals surface area contributed by atoms with Gasteiger partial charge >= 0.3 is 0 Å². The molecule has 28 heavy (non-hydrogen) atoms. The molecule has 1 heterocycles. The lowest BCUT2D eigenvalue weighted by Gasteiger charge is -2.13. The SMILES string of the molecule is CN=C(NCCCC1CCCC1)NCc1ccc(Cn2ccccc2=O)cc1. The van der Waals surface area contributed by atoms with Gasteiger partial charge in [0, 0.05) is 32.4 Å². The molecule has 0 amide bonds. The van der Waals surface area contributed by atoms with Gasteiger partial charge in [-0.15, -0.1) is 0 Å². The lowest BCUT2D eigenvalue weighted by atomic mass is 10.0. The van der Waals surface area contributed by atoms with Crippen LogP contribution in [0.4, 0.5) is 0 Å². The van der Waals surface area contributed by atoms with E-state index in [4.69, 9.17) is 0 Å². The average molecular weight is 381 g/mol. The van der Waals surface area contributed by atoms with E-state index in [9.17, 15) is 4.79 Å². The van der Waals surface area contributed by atoms with Crippen LogP contribution >= 0.6 is 0 Å². The third kappa shape index (κ3) is 6.25. The van der Waals surface area contributed by atoms with Crippen molar-refractivity contribution in [2.75, 3.05) is 13.6 Å². The number of nitrogens with zero attached hydrogens (tertiary/aromatic N) is 2. The Labute approximate surface area is 167 Å². The van der Waals surface area contributed by atoms with Crippen molar-refractivity contribution in [2.45, 2.75) is 51.6 Å². The minimum Gasteiger partial charge on any atom is -0.356 e. The first kappa shape index (κ1) is 20.2.